The van der Waals surface area contributed by atoms with Gasteiger partial charge in [0.25, 0.3) is 0 Å². The topological polar surface area (TPSA) is 33.0 Å². The summed E-state index contributed by atoms with van der Waals surface area (Å²) < 4.78 is 5.83. The SMILES string of the molecule is CCCCCC1CCCCCC(C#N)O1. The van der Waals surface area contributed by atoms with E-state index in [1.54, 1.807) is 0 Å². The molecule has 0 aromatic carbocycles. The molecule has 0 amide bonds. The Bertz CT molecular complexity index is 197. The van der Waals surface area contributed by atoms with Crippen LogP contribution in [0.4, 0.5) is 0 Å². The van der Waals surface area contributed by atoms with Crippen LogP contribution in [-0.4, -0.2) is 12.2 Å². The smallest absolute Gasteiger partial charge is 0.144 e. The van der Waals surface area contributed by atoms with Gasteiger partial charge < -0.3 is 4.74 Å². The number of rotatable bonds is 4. The van der Waals surface area contributed by atoms with Crippen LogP contribution in [0, 0.1) is 11.3 Å². The number of hydrogen-bond donors (Lipinski definition) is 0. The third-order valence-corrected chi connectivity index (χ3v) is 3.12. The zero-order valence-corrected chi connectivity index (χ0v) is 9.87. The summed E-state index contributed by atoms with van der Waals surface area (Å²) in [4.78, 5) is 0. The fourth-order valence-corrected chi connectivity index (χ4v) is 2.18. The predicted molar refractivity (Wildman–Crippen MR) is 61.5 cm³/mol. The van der Waals surface area contributed by atoms with Gasteiger partial charge in [0.05, 0.1) is 12.2 Å². The summed E-state index contributed by atoms with van der Waals surface area (Å²) in [5.74, 6) is 0. The highest BCUT2D eigenvalue weighted by Gasteiger charge is 2.18. The molecule has 1 aliphatic rings. The van der Waals surface area contributed by atoms with Crippen molar-refractivity contribution in [3.63, 3.8) is 0 Å². The highest BCUT2D eigenvalue weighted by molar-refractivity contribution is 4.86. The molecule has 1 heterocycles. The summed E-state index contributed by atoms with van der Waals surface area (Å²) in [6.45, 7) is 2.22. The van der Waals surface area contributed by atoms with Crippen LogP contribution in [0.3, 0.4) is 0 Å². The summed E-state index contributed by atoms with van der Waals surface area (Å²) in [6.07, 6.45) is 10.9. The lowest BCUT2D eigenvalue weighted by Crippen LogP contribution is -2.23. The van der Waals surface area contributed by atoms with Crippen molar-refractivity contribution in [2.24, 2.45) is 0 Å². The summed E-state index contributed by atoms with van der Waals surface area (Å²) in [7, 11) is 0. The van der Waals surface area contributed by atoms with E-state index in [9.17, 15) is 0 Å². The predicted octanol–water partition coefficient (Wildman–Crippen LogP) is 3.81. The van der Waals surface area contributed by atoms with Crippen LogP contribution in [-0.2, 0) is 4.74 Å². The standard InChI is InChI=1S/C13H23NO/c1-2-3-5-8-12-9-6-4-7-10-13(11-14)15-12/h12-13H,2-10H2,1H3. The molecule has 0 saturated carbocycles. The van der Waals surface area contributed by atoms with Gasteiger partial charge in [0.15, 0.2) is 0 Å². The minimum atomic E-state index is -0.142. The maximum Gasteiger partial charge on any atom is 0.144 e. The van der Waals surface area contributed by atoms with Crippen molar-refractivity contribution < 1.29 is 4.74 Å². The number of unbranched alkanes of at least 4 members (excludes halogenated alkanes) is 2. The Morgan fingerprint density at radius 3 is 2.73 bits per heavy atom. The van der Waals surface area contributed by atoms with Gasteiger partial charge in [-0.1, -0.05) is 39.0 Å². The zero-order valence-electron chi connectivity index (χ0n) is 9.87. The van der Waals surface area contributed by atoms with Gasteiger partial charge in [-0.25, -0.2) is 0 Å². The average Bonchev–Trinajstić information content (AvgIpc) is 2.21. The quantitative estimate of drug-likeness (QED) is 0.660. The van der Waals surface area contributed by atoms with Crippen LogP contribution in [0.15, 0.2) is 0 Å². The molecule has 0 N–H and O–H groups in total. The van der Waals surface area contributed by atoms with E-state index in [1.165, 1.54) is 32.1 Å². The van der Waals surface area contributed by atoms with Gasteiger partial charge in [0.2, 0.25) is 0 Å². The van der Waals surface area contributed by atoms with Crippen LogP contribution >= 0.6 is 0 Å². The van der Waals surface area contributed by atoms with Crippen molar-refractivity contribution in [3.05, 3.63) is 0 Å². The molecular formula is C13H23NO. The lowest BCUT2D eigenvalue weighted by atomic mass is 10.0. The van der Waals surface area contributed by atoms with Crippen LogP contribution in [0.5, 0.6) is 0 Å². The van der Waals surface area contributed by atoms with Crippen molar-refractivity contribution in [2.45, 2.75) is 76.9 Å². The van der Waals surface area contributed by atoms with Gasteiger partial charge in [-0.2, -0.15) is 5.26 Å². The molecule has 0 bridgehead atoms. The molecule has 0 radical (unpaired) electrons. The normalized spacial score (nSPS) is 27.7. The van der Waals surface area contributed by atoms with Crippen molar-refractivity contribution >= 4 is 0 Å². The summed E-state index contributed by atoms with van der Waals surface area (Å²) in [5, 5.41) is 8.92. The van der Waals surface area contributed by atoms with Crippen molar-refractivity contribution in [2.75, 3.05) is 0 Å². The lowest BCUT2D eigenvalue weighted by molar-refractivity contribution is -0.00677. The summed E-state index contributed by atoms with van der Waals surface area (Å²) in [6, 6.07) is 2.27. The van der Waals surface area contributed by atoms with E-state index >= 15 is 0 Å². The van der Waals surface area contributed by atoms with Crippen LogP contribution < -0.4 is 0 Å². The Balaban J connectivity index is 2.29. The first-order chi connectivity index (χ1) is 7.36. The van der Waals surface area contributed by atoms with Crippen molar-refractivity contribution in [3.8, 4) is 6.07 Å². The minimum Gasteiger partial charge on any atom is -0.360 e. The fraction of sp³-hybridized carbons (Fsp3) is 0.923. The van der Waals surface area contributed by atoms with Gasteiger partial charge in [0, 0.05) is 0 Å². The highest BCUT2D eigenvalue weighted by Crippen LogP contribution is 2.21. The van der Waals surface area contributed by atoms with Gasteiger partial charge in [-0.15, -0.1) is 0 Å². The minimum absolute atomic E-state index is 0.142. The molecule has 15 heavy (non-hydrogen) atoms. The number of ether oxygens (including phenoxy) is 1. The largest absolute Gasteiger partial charge is 0.360 e. The van der Waals surface area contributed by atoms with Gasteiger partial charge in [0.1, 0.15) is 6.10 Å². The molecule has 1 rings (SSSR count). The van der Waals surface area contributed by atoms with Crippen molar-refractivity contribution in [1.29, 1.82) is 5.26 Å². The molecule has 0 aromatic heterocycles. The second-order valence-corrected chi connectivity index (χ2v) is 4.51. The zero-order chi connectivity index (χ0) is 10.9. The van der Waals surface area contributed by atoms with Gasteiger partial charge in [-0.05, 0) is 25.7 Å². The van der Waals surface area contributed by atoms with Gasteiger partial charge >= 0.3 is 0 Å². The molecule has 1 fully saturated rings. The Morgan fingerprint density at radius 1 is 1.20 bits per heavy atom. The van der Waals surface area contributed by atoms with E-state index in [-0.39, 0.29) is 6.10 Å². The number of hydrogen-bond acceptors (Lipinski definition) is 2. The summed E-state index contributed by atoms with van der Waals surface area (Å²) >= 11 is 0. The maximum atomic E-state index is 8.92. The Hall–Kier alpha value is -0.550. The highest BCUT2D eigenvalue weighted by atomic mass is 16.5. The molecule has 0 aromatic rings. The molecule has 2 nitrogen and oxygen atoms in total. The fourth-order valence-electron chi connectivity index (χ4n) is 2.18. The first-order valence-corrected chi connectivity index (χ1v) is 6.42. The molecule has 2 heteroatoms. The van der Waals surface area contributed by atoms with E-state index in [2.05, 4.69) is 13.0 Å². The van der Waals surface area contributed by atoms with E-state index in [0.29, 0.717) is 6.10 Å². The summed E-state index contributed by atoms with van der Waals surface area (Å²) in [5.41, 5.74) is 0. The van der Waals surface area contributed by atoms with Gasteiger partial charge in [-0.3, -0.25) is 0 Å². The first-order valence-electron chi connectivity index (χ1n) is 6.42. The first kappa shape index (κ1) is 12.5. The van der Waals surface area contributed by atoms with E-state index < -0.39 is 0 Å². The van der Waals surface area contributed by atoms with E-state index in [0.717, 1.165) is 25.7 Å². The third-order valence-electron chi connectivity index (χ3n) is 3.12. The molecular weight excluding hydrogens is 186 g/mol. The van der Waals surface area contributed by atoms with E-state index in [1.807, 2.05) is 0 Å². The Kier molecular flexibility index (Phi) is 6.43. The number of nitrogens with zero attached hydrogens (tertiary/aromatic N) is 1. The molecule has 1 saturated heterocycles. The van der Waals surface area contributed by atoms with Crippen molar-refractivity contribution in [1.82, 2.24) is 0 Å². The molecule has 86 valence electrons. The lowest BCUT2D eigenvalue weighted by Gasteiger charge is -2.23. The molecule has 2 unspecified atom stereocenters. The molecule has 2 atom stereocenters. The number of nitriles is 1. The molecule has 0 spiro atoms. The second-order valence-electron chi connectivity index (χ2n) is 4.51. The van der Waals surface area contributed by atoms with E-state index in [4.69, 9.17) is 10.00 Å². The van der Waals surface area contributed by atoms with Crippen LogP contribution in [0.2, 0.25) is 0 Å². The van der Waals surface area contributed by atoms with Crippen LogP contribution in [0.25, 0.3) is 0 Å². The Morgan fingerprint density at radius 2 is 2.00 bits per heavy atom. The Labute approximate surface area is 93.6 Å². The van der Waals surface area contributed by atoms with Crippen LogP contribution in [0.1, 0.15) is 64.7 Å². The molecule has 1 aliphatic heterocycles. The molecule has 0 aliphatic carbocycles. The second kappa shape index (κ2) is 7.70. The third kappa shape index (κ3) is 5.18. The maximum absolute atomic E-state index is 8.92. The monoisotopic (exact) mass is 209 g/mol. The average molecular weight is 209 g/mol.